The molecule has 3 rings (SSSR count). The molecule has 1 atom stereocenters. The van der Waals surface area contributed by atoms with Crippen LogP contribution in [-0.2, 0) is 10.3 Å². The second-order valence-corrected chi connectivity index (χ2v) is 9.84. The molecule has 148 valence electrons. The van der Waals surface area contributed by atoms with Crippen LogP contribution in [0, 0.1) is 22.2 Å². The summed E-state index contributed by atoms with van der Waals surface area (Å²) in [4.78, 5) is 21.9. The number of hydrogen-bond donors (Lipinski definition) is 2. The van der Waals surface area contributed by atoms with Gasteiger partial charge >= 0.3 is 0 Å². The summed E-state index contributed by atoms with van der Waals surface area (Å²) in [7, 11) is 0. The lowest BCUT2D eigenvalue weighted by atomic mass is 9.71. The van der Waals surface area contributed by atoms with Crippen LogP contribution in [-0.4, -0.2) is 29.0 Å². The summed E-state index contributed by atoms with van der Waals surface area (Å²) < 4.78 is 0. The van der Waals surface area contributed by atoms with E-state index in [1.54, 1.807) is 18.5 Å². The topological polar surface area (TPSA) is 90.7 Å². The van der Waals surface area contributed by atoms with Gasteiger partial charge in [-0.05, 0) is 23.3 Å². The Morgan fingerprint density at radius 1 is 1.21 bits per heavy atom. The van der Waals surface area contributed by atoms with Crippen LogP contribution in [0.1, 0.15) is 58.6 Å². The van der Waals surface area contributed by atoms with Crippen molar-refractivity contribution < 1.29 is 4.79 Å². The van der Waals surface area contributed by atoms with Gasteiger partial charge in [-0.15, -0.1) is 0 Å². The first-order chi connectivity index (χ1) is 13.1. The zero-order valence-corrected chi connectivity index (χ0v) is 17.4. The quantitative estimate of drug-likeness (QED) is 0.854. The minimum Gasteiger partial charge on any atom is -0.345 e. The molecule has 0 spiro atoms. The standard InChI is InChI=1S/C22H29N5O/c1-20(2,3)10-17(28)27-22(12-21(4,5)13-24-14-22)16-7-6-15(11-23)18-19(16)26-9-8-25-18/h6-9,24H,10,12-14H2,1-5H3,(H,27,28)/t22-/m0/s1. The Morgan fingerprint density at radius 2 is 1.89 bits per heavy atom. The third kappa shape index (κ3) is 4.15. The lowest BCUT2D eigenvalue weighted by Crippen LogP contribution is -2.60. The number of piperidine rings is 1. The summed E-state index contributed by atoms with van der Waals surface area (Å²) >= 11 is 0. The Kier molecular flexibility index (Phi) is 5.16. The fraction of sp³-hybridized carbons (Fsp3) is 0.545. The van der Waals surface area contributed by atoms with E-state index >= 15 is 0 Å². The van der Waals surface area contributed by atoms with Gasteiger partial charge in [0.15, 0.2) is 0 Å². The third-order valence-corrected chi connectivity index (χ3v) is 5.14. The number of benzene rings is 1. The number of aromatic nitrogens is 2. The summed E-state index contributed by atoms with van der Waals surface area (Å²) in [6, 6.07) is 5.91. The highest BCUT2D eigenvalue weighted by atomic mass is 16.1. The summed E-state index contributed by atoms with van der Waals surface area (Å²) in [5.41, 5.74) is 1.95. The highest BCUT2D eigenvalue weighted by molar-refractivity contribution is 5.86. The van der Waals surface area contributed by atoms with Crippen LogP contribution in [0.5, 0.6) is 0 Å². The molecule has 2 aromatic rings. The van der Waals surface area contributed by atoms with Crippen LogP contribution in [0.3, 0.4) is 0 Å². The maximum absolute atomic E-state index is 12.9. The minimum atomic E-state index is -0.605. The van der Waals surface area contributed by atoms with Crippen molar-refractivity contribution in [1.82, 2.24) is 20.6 Å². The molecule has 2 N–H and O–H groups in total. The Labute approximate surface area is 166 Å². The first kappa shape index (κ1) is 20.2. The maximum atomic E-state index is 12.9. The molecule has 1 saturated heterocycles. The third-order valence-electron chi connectivity index (χ3n) is 5.14. The van der Waals surface area contributed by atoms with Gasteiger partial charge in [-0.1, -0.05) is 40.7 Å². The van der Waals surface area contributed by atoms with Crippen LogP contribution in [0.4, 0.5) is 0 Å². The summed E-state index contributed by atoms with van der Waals surface area (Å²) in [5, 5.41) is 16.3. The molecule has 1 amide bonds. The first-order valence-electron chi connectivity index (χ1n) is 9.71. The number of rotatable bonds is 3. The Morgan fingerprint density at radius 3 is 2.50 bits per heavy atom. The molecule has 1 aliphatic rings. The van der Waals surface area contributed by atoms with Crippen molar-refractivity contribution in [1.29, 1.82) is 5.26 Å². The van der Waals surface area contributed by atoms with Crippen molar-refractivity contribution in [3.05, 3.63) is 35.7 Å². The largest absolute Gasteiger partial charge is 0.345 e. The highest BCUT2D eigenvalue weighted by Gasteiger charge is 2.44. The molecule has 1 aliphatic heterocycles. The molecule has 6 heteroatoms. The predicted octanol–water partition coefficient (Wildman–Crippen LogP) is 3.27. The Bertz CT molecular complexity index is 938. The normalized spacial score (nSPS) is 21.9. The fourth-order valence-corrected chi connectivity index (χ4v) is 4.23. The molecule has 0 radical (unpaired) electrons. The van der Waals surface area contributed by atoms with Crippen molar-refractivity contribution in [2.24, 2.45) is 10.8 Å². The molecule has 1 aromatic heterocycles. The Hall–Kier alpha value is -2.52. The zero-order valence-electron chi connectivity index (χ0n) is 17.4. The molecule has 1 aromatic carbocycles. The monoisotopic (exact) mass is 379 g/mol. The molecular weight excluding hydrogens is 350 g/mol. The highest BCUT2D eigenvalue weighted by Crippen LogP contribution is 2.40. The molecule has 1 fully saturated rings. The Balaban J connectivity index is 2.14. The van der Waals surface area contributed by atoms with Crippen molar-refractivity contribution in [2.45, 2.75) is 53.0 Å². The van der Waals surface area contributed by atoms with E-state index < -0.39 is 5.54 Å². The number of carbonyl (C=O) groups excluding carboxylic acids is 1. The number of carbonyl (C=O) groups is 1. The number of nitrogens with one attached hydrogen (secondary N) is 2. The molecule has 2 heterocycles. The molecule has 0 saturated carbocycles. The van der Waals surface area contributed by atoms with Gasteiger partial charge in [-0.2, -0.15) is 5.26 Å². The van der Waals surface area contributed by atoms with E-state index in [1.165, 1.54) is 0 Å². The maximum Gasteiger partial charge on any atom is 0.221 e. The van der Waals surface area contributed by atoms with Gasteiger partial charge < -0.3 is 10.6 Å². The van der Waals surface area contributed by atoms with Gasteiger partial charge in [0.1, 0.15) is 11.6 Å². The van der Waals surface area contributed by atoms with Gasteiger partial charge in [-0.25, -0.2) is 0 Å². The number of fused-ring (bicyclic) bond motifs is 1. The molecule has 0 bridgehead atoms. The van der Waals surface area contributed by atoms with E-state index in [0.717, 1.165) is 18.5 Å². The lowest BCUT2D eigenvalue weighted by Gasteiger charge is -2.46. The van der Waals surface area contributed by atoms with Crippen LogP contribution in [0.25, 0.3) is 11.0 Å². The molecular formula is C22H29N5O. The average Bonchev–Trinajstić information content (AvgIpc) is 2.58. The number of hydrogen-bond acceptors (Lipinski definition) is 5. The van der Waals surface area contributed by atoms with Gasteiger partial charge in [0, 0.05) is 37.5 Å². The summed E-state index contributed by atoms with van der Waals surface area (Å²) in [6.07, 6.45) is 4.45. The van der Waals surface area contributed by atoms with E-state index in [0.29, 0.717) is 29.6 Å². The molecule has 6 nitrogen and oxygen atoms in total. The molecule has 0 unspecified atom stereocenters. The first-order valence-corrected chi connectivity index (χ1v) is 9.71. The van der Waals surface area contributed by atoms with Crippen molar-refractivity contribution in [2.75, 3.05) is 13.1 Å². The van der Waals surface area contributed by atoms with Crippen LogP contribution in [0.2, 0.25) is 0 Å². The number of nitrogens with zero attached hydrogens (tertiary/aromatic N) is 3. The molecule has 28 heavy (non-hydrogen) atoms. The van der Waals surface area contributed by atoms with Gasteiger partial charge in [0.25, 0.3) is 0 Å². The van der Waals surface area contributed by atoms with Gasteiger partial charge in [-0.3, -0.25) is 14.8 Å². The minimum absolute atomic E-state index is 0.00427. The van der Waals surface area contributed by atoms with Crippen molar-refractivity contribution in [3.63, 3.8) is 0 Å². The number of amides is 1. The summed E-state index contributed by atoms with van der Waals surface area (Å²) in [5.74, 6) is 0.0217. The van der Waals surface area contributed by atoms with E-state index in [9.17, 15) is 10.1 Å². The second kappa shape index (κ2) is 7.14. The van der Waals surface area contributed by atoms with Crippen LogP contribution < -0.4 is 10.6 Å². The van der Waals surface area contributed by atoms with Gasteiger partial charge in [0.2, 0.25) is 5.91 Å². The average molecular weight is 380 g/mol. The van der Waals surface area contributed by atoms with E-state index in [4.69, 9.17) is 0 Å². The lowest BCUT2D eigenvalue weighted by molar-refractivity contribution is -0.125. The SMILES string of the molecule is CC(C)(C)CC(=O)N[C@]1(c2ccc(C#N)c3nccnc23)CNCC(C)(C)C1. The van der Waals surface area contributed by atoms with Gasteiger partial charge in [0.05, 0.1) is 16.6 Å². The van der Waals surface area contributed by atoms with Crippen molar-refractivity contribution in [3.8, 4) is 6.07 Å². The fourth-order valence-electron chi connectivity index (χ4n) is 4.23. The zero-order chi connectivity index (χ0) is 20.6. The molecule has 0 aliphatic carbocycles. The van der Waals surface area contributed by atoms with E-state index in [1.807, 2.05) is 6.07 Å². The van der Waals surface area contributed by atoms with Crippen LogP contribution >= 0.6 is 0 Å². The van der Waals surface area contributed by atoms with Crippen LogP contribution in [0.15, 0.2) is 24.5 Å². The van der Waals surface area contributed by atoms with Crippen molar-refractivity contribution >= 4 is 16.9 Å². The number of nitriles is 1. The predicted molar refractivity (Wildman–Crippen MR) is 109 cm³/mol. The smallest absolute Gasteiger partial charge is 0.221 e. The van der Waals surface area contributed by atoms with E-state index in [2.05, 4.69) is 61.3 Å². The van der Waals surface area contributed by atoms with E-state index in [-0.39, 0.29) is 16.7 Å². The second-order valence-electron chi connectivity index (χ2n) is 9.84. The summed E-state index contributed by atoms with van der Waals surface area (Å²) in [6.45, 7) is 12.1.